The van der Waals surface area contributed by atoms with Crippen LogP contribution in [0.3, 0.4) is 0 Å². The van der Waals surface area contributed by atoms with Gasteiger partial charge in [-0.05, 0) is 70.8 Å². The number of carbonyl (C=O) groups excluding carboxylic acids is 1. The molecule has 3 fully saturated rings. The number of nitrogens with zero attached hydrogens (tertiary/aromatic N) is 1. The van der Waals surface area contributed by atoms with E-state index < -0.39 is 5.60 Å². The van der Waals surface area contributed by atoms with Crippen molar-refractivity contribution in [2.24, 2.45) is 17.8 Å². The standard InChI is InChI=1S/C17H30N2O2/c1-17(2,3)21-16(20)19-7-6-13(11-19)10-18-15-9-12-4-5-14(15)8-12/h12-15,18H,4-11H2,1-3H3. The molecule has 120 valence electrons. The van der Waals surface area contributed by atoms with Gasteiger partial charge in [-0.2, -0.15) is 0 Å². The molecule has 4 heteroatoms. The minimum atomic E-state index is -0.392. The third-order valence-electron chi connectivity index (χ3n) is 5.34. The van der Waals surface area contributed by atoms with Crippen LogP contribution < -0.4 is 5.32 Å². The Hall–Kier alpha value is -0.770. The van der Waals surface area contributed by atoms with Crippen LogP contribution in [0, 0.1) is 17.8 Å². The van der Waals surface area contributed by atoms with Gasteiger partial charge in [0, 0.05) is 19.1 Å². The number of ether oxygens (including phenoxy) is 1. The smallest absolute Gasteiger partial charge is 0.410 e. The SMILES string of the molecule is CC(C)(C)OC(=O)N1CCC(CNC2CC3CCC2C3)C1. The van der Waals surface area contributed by atoms with Gasteiger partial charge in [-0.1, -0.05) is 6.42 Å². The van der Waals surface area contributed by atoms with Gasteiger partial charge in [0.2, 0.25) is 0 Å². The Morgan fingerprint density at radius 1 is 1.24 bits per heavy atom. The number of hydrogen-bond donors (Lipinski definition) is 1. The fourth-order valence-electron chi connectivity index (χ4n) is 4.30. The molecular formula is C17H30N2O2. The maximum Gasteiger partial charge on any atom is 0.410 e. The molecule has 0 aromatic heterocycles. The Morgan fingerprint density at radius 3 is 2.67 bits per heavy atom. The van der Waals surface area contributed by atoms with Gasteiger partial charge >= 0.3 is 6.09 Å². The van der Waals surface area contributed by atoms with Crippen LogP contribution in [0.1, 0.15) is 52.9 Å². The lowest BCUT2D eigenvalue weighted by Gasteiger charge is -2.26. The Kier molecular flexibility index (Phi) is 4.17. The van der Waals surface area contributed by atoms with Crippen molar-refractivity contribution in [3.8, 4) is 0 Å². The first-order chi connectivity index (χ1) is 9.90. The van der Waals surface area contributed by atoms with Crippen molar-refractivity contribution in [1.82, 2.24) is 10.2 Å². The van der Waals surface area contributed by atoms with Crippen molar-refractivity contribution in [2.45, 2.75) is 64.5 Å². The highest BCUT2D eigenvalue weighted by molar-refractivity contribution is 5.68. The van der Waals surface area contributed by atoms with Gasteiger partial charge in [-0.15, -0.1) is 0 Å². The third-order valence-corrected chi connectivity index (χ3v) is 5.34. The molecule has 21 heavy (non-hydrogen) atoms. The molecule has 3 rings (SSSR count). The quantitative estimate of drug-likeness (QED) is 0.870. The Bertz CT molecular complexity index is 391. The van der Waals surface area contributed by atoms with E-state index in [9.17, 15) is 4.79 Å². The maximum absolute atomic E-state index is 12.1. The lowest BCUT2D eigenvalue weighted by atomic mass is 9.95. The zero-order valence-electron chi connectivity index (χ0n) is 13.7. The number of amides is 1. The number of rotatable bonds is 3. The van der Waals surface area contributed by atoms with Gasteiger partial charge in [0.1, 0.15) is 5.60 Å². The predicted octanol–water partition coefficient (Wildman–Crippen LogP) is 3.02. The molecule has 0 spiro atoms. The number of carbonyl (C=O) groups is 1. The fraction of sp³-hybridized carbons (Fsp3) is 0.941. The Morgan fingerprint density at radius 2 is 2.05 bits per heavy atom. The second-order valence-corrected chi connectivity index (χ2v) is 8.27. The molecule has 1 amide bonds. The minimum absolute atomic E-state index is 0.148. The van der Waals surface area contributed by atoms with Gasteiger partial charge in [0.05, 0.1) is 0 Å². The first kappa shape index (κ1) is 15.1. The highest BCUT2D eigenvalue weighted by atomic mass is 16.6. The molecule has 4 unspecified atom stereocenters. The molecule has 0 aromatic carbocycles. The molecule has 2 bridgehead atoms. The van der Waals surface area contributed by atoms with E-state index in [0.29, 0.717) is 5.92 Å². The topological polar surface area (TPSA) is 41.6 Å². The third kappa shape index (κ3) is 3.71. The minimum Gasteiger partial charge on any atom is -0.444 e. The molecule has 1 heterocycles. The Balaban J connectivity index is 1.40. The molecule has 1 aliphatic heterocycles. The lowest BCUT2D eigenvalue weighted by Crippen LogP contribution is -2.39. The van der Waals surface area contributed by atoms with E-state index in [1.807, 2.05) is 25.7 Å². The fourth-order valence-corrected chi connectivity index (χ4v) is 4.30. The van der Waals surface area contributed by atoms with Crippen LogP contribution in [-0.2, 0) is 4.74 Å². The molecule has 3 aliphatic rings. The van der Waals surface area contributed by atoms with Gasteiger partial charge in [-0.25, -0.2) is 4.79 Å². The van der Waals surface area contributed by atoms with Crippen LogP contribution >= 0.6 is 0 Å². The molecule has 0 radical (unpaired) electrons. The van der Waals surface area contributed by atoms with Gasteiger partial charge in [0.15, 0.2) is 0 Å². The zero-order chi connectivity index (χ0) is 15.0. The number of nitrogens with one attached hydrogen (secondary N) is 1. The van der Waals surface area contributed by atoms with Crippen molar-refractivity contribution < 1.29 is 9.53 Å². The van der Waals surface area contributed by atoms with Crippen molar-refractivity contribution in [1.29, 1.82) is 0 Å². The summed E-state index contributed by atoms with van der Waals surface area (Å²) in [6.07, 6.45) is 6.67. The summed E-state index contributed by atoms with van der Waals surface area (Å²) in [6, 6.07) is 0.749. The second-order valence-electron chi connectivity index (χ2n) is 8.27. The zero-order valence-corrected chi connectivity index (χ0v) is 13.7. The van der Waals surface area contributed by atoms with E-state index in [2.05, 4.69) is 5.32 Å². The largest absolute Gasteiger partial charge is 0.444 e. The van der Waals surface area contributed by atoms with Crippen LogP contribution in [0.25, 0.3) is 0 Å². The van der Waals surface area contributed by atoms with Gasteiger partial charge in [0.25, 0.3) is 0 Å². The van der Waals surface area contributed by atoms with E-state index in [1.54, 1.807) is 0 Å². The monoisotopic (exact) mass is 294 g/mol. The Labute approximate surface area is 128 Å². The molecule has 1 N–H and O–H groups in total. The first-order valence-corrected chi connectivity index (χ1v) is 8.62. The first-order valence-electron chi connectivity index (χ1n) is 8.62. The van der Waals surface area contributed by atoms with Crippen molar-refractivity contribution in [3.05, 3.63) is 0 Å². The van der Waals surface area contributed by atoms with Crippen LogP contribution in [0.4, 0.5) is 4.79 Å². The second kappa shape index (κ2) is 5.79. The van der Waals surface area contributed by atoms with Crippen LogP contribution in [0.15, 0.2) is 0 Å². The molecule has 4 nitrogen and oxygen atoms in total. The summed E-state index contributed by atoms with van der Waals surface area (Å²) in [7, 11) is 0. The summed E-state index contributed by atoms with van der Waals surface area (Å²) in [5.74, 6) is 2.52. The van der Waals surface area contributed by atoms with E-state index in [4.69, 9.17) is 4.74 Å². The highest BCUT2D eigenvalue weighted by Gasteiger charge is 2.39. The number of hydrogen-bond acceptors (Lipinski definition) is 3. The average Bonchev–Trinajstić information content (AvgIpc) is 3.10. The van der Waals surface area contributed by atoms with Crippen molar-refractivity contribution in [3.63, 3.8) is 0 Å². The van der Waals surface area contributed by atoms with Gasteiger partial charge < -0.3 is 15.0 Å². The van der Waals surface area contributed by atoms with Crippen LogP contribution in [0.2, 0.25) is 0 Å². The summed E-state index contributed by atoms with van der Waals surface area (Å²) in [5, 5.41) is 3.78. The predicted molar refractivity (Wildman–Crippen MR) is 83.2 cm³/mol. The summed E-state index contributed by atoms with van der Waals surface area (Å²) in [6.45, 7) is 8.54. The molecule has 0 aromatic rings. The van der Waals surface area contributed by atoms with E-state index in [1.165, 1.54) is 25.7 Å². The van der Waals surface area contributed by atoms with Gasteiger partial charge in [-0.3, -0.25) is 0 Å². The molecule has 2 aliphatic carbocycles. The summed E-state index contributed by atoms with van der Waals surface area (Å²) in [4.78, 5) is 13.9. The van der Waals surface area contributed by atoms with Crippen LogP contribution in [0.5, 0.6) is 0 Å². The molecule has 4 atom stereocenters. The molecule has 1 saturated heterocycles. The maximum atomic E-state index is 12.1. The van der Waals surface area contributed by atoms with E-state index in [0.717, 1.165) is 43.9 Å². The van der Waals surface area contributed by atoms with Crippen molar-refractivity contribution in [2.75, 3.05) is 19.6 Å². The summed E-state index contributed by atoms with van der Waals surface area (Å²) >= 11 is 0. The van der Waals surface area contributed by atoms with E-state index in [-0.39, 0.29) is 6.09 Å². The lowest BCUT2D eigenvalue weighted by molar-refractivity contribution is 0.0288. The average molecular weight is 294 g/mol. The normalized spacial score (nSPS) is 35.5. The molecular weight excluding hydrogens is 264 g/mol. The summed E-state index contributed by atoms with van der Waals surface area (Å²) < 4.78 is 5.45. The van der Waals surface area contributed by atoms with Crippen molar-refractivity contribution >= 4 is 6.09 Å². The number of fused-ring (bicyclic) bond motifs is 2. The molecule has 2 saturated carbocycles. The van der Waals surface area contributed by atoms with E-state index >= 15 is 0 Å². The number of likely N-dealkylation sites (tertiary alicyclic amines) is 1. The summed E-state index contributed by atoms with van der Waals surface area (Å²) in [5.41, 5.74) is -0.392. The highest BCUT2D eigenvalue weighted by Crippen LogP contribution is 2.44. The van der Waals surface area contributed by atoms with Crippen LogP contribution in [-0.4, -0.2) is 42.3 Å².